The number of rotatable bonds is 14. The van der Waals surface area contributed by atoms with Crippen molar-refractivity contribution in [2.75, 3.05) is 32.2 Å². The average molecular weight is 701 g/mol. The highest BCUT2D eigenvalue weighted by molar-refractivity contribution is 7.92. The summed E-state index contributed by atoms with van der Waals surface area (Å²) in [6, 6.07) is 12.1. The van der Waals surface area contributed by atoms with Crippen molar-refractivity contribution in [3.8, 4) is 17.2 Å². The van der Waals surface area contributed by atoms with Crippen LogP contribution in [0.25, 0.3) is 0 Å². The summed E-state index contributed by atoms with van der Waals surface area (Å²) < 4.78 is 45.6. The molecule has 3 aromatic carbocycles. The molecule has 3 aromatic rings. The molecule has 0 bridgehead atoms. The van der Waals surface area contributed by atoms with Crippen LogP contribution in [0.1, 0.15) is 32.8 Å². The van der Waals surface area contributed by atoms with E-state index in [1.165, 1.54) is 68.7 Å². The highest BCUT2D eigenvalue weighted by atomic mass is 35.5. The minimum Gasteiger partial charge on any atom is -0.495 e. The van der Waals surface area contributed by atoms with E-state index >= 15 is 0 Å². The Hall–Kier alpha value is -3.38. The summed E-state index contributed by atoms with van der Waals surface area (Å²) in [5, 5.41) is 3.76. The molecule has 2 atom stereocenters. The van der Waals surface area contributed by atoms with E-state index < -0.39 is 34.4 Å². The van der Waals surface area contributed by atoms with Gasteiger partial charge >= 0.3 is 0 Å². The molecule has 14 heteroatoms. The fourth-order valence-electron chi connectivity index (χ4n) is 4.36. The average Bonchev–Trinajstić information content (AvgIpc) is 3.02. The number of amides is 2. The molecule has 10 nitrogen and oxygen atoms in total. The first kappa shape index (κ1) is 36.1. The van der Waals surface area contributed by atoms with Crippen molar-refractivity contribution >= 4 is 62.3 Å². The van der Waals surface area contributed by atoms with Gasteiger partial charge in [0.2, 0.25) is 11.8 Å². The van der Waals surface area contributed by atoms with Crippen molar-refractivity contribution in [2.24, 2.45) is 0 Å². The lowest BCUT2D eigenvalue weighted by Crippen LogP contribution is -2.52. The summed E-state index contributed by atoms with van der Waals surface area (Å²) >= 11 is 18.8. The second-order valence-corrected chi connectivity index (χ2v) is 13.2. The van der Waals surface area contributed by atoms with E-state index in [1.54, 1.807) is 19.1 Å². The lowest BCUT2D eigenvalue weighted by molar-refractivity contribution is -0.139. The highest BCUT2D eigenvalue weighted by Crippen LogP contribution is 2.37. The number of hydrogen-bond donors (Lipinski definition) is 1. The minimum atomic E-state index is -4.48. The monoisotopic (exact) mass is 699 g/mol. The predicted octanol–water partition coefficient (Wildman–Crippen LogP) is 6.20. The summed E-state index contributed by atoms with van der Waals surface area (Å²) in [7, 11) is -0.310. The predicted molar refractivity (Wildman–Crippen MR) is 176 cm³/mol. The molecular formula is C31H36Cl3N3O7S. The van der Waals surface area contributed by atoms with Crippen LogP contribution in [0.3, 0.4) is 0 Å². The molecule has 0 radical (unpaired) electrons. The fraction of sp³-hybridized carbons (Fsp3) is 0.355. The van der Waals surface area contributed by atoms with Crippen LogP contribution < -0.4 is 23.8 Å². The molecule has 2 unspecified atom stereocenters. The van der Waals surface area contributed by atoms with Crippen molar-refractivity contribution in [1.82, 2.24) is 10.2 Å². The van der Waals surface area contributed by atoms with Crippen molar-refractivity contribution in [1.29, 1.82) is 0 Å². The molecule has 3 rings (SSSR count). The molecular weight excluding hydrogens is 665 g/mol. The maximum absolute atomic E-state index is 14.3. The molecule has 0 saturated carbocycles. The van der Waals surface area contributed by atoms with Gasteiger partial charge in [-0.25, -0.2) is 8.42 Å². The van der Waals surface area contributed by atoms with E-state index in [1.807, 2.05) is 13.8 Å². The maximum atomic E-state index is 14.3. The molecule has 0 aliphatic heterocycles. The molecule has 0 aliphatic carbocycles. The first-order valence-electron chi connectivity index (χ1n) is 13.9. The van der Waals surface area contributed by atoms with Gasteiger partial charge in [-0.1, -0.05) is 47.8 Å². The van der Waals surface area contributed by atoms with Gasteiger partial charge < -0.3 is 24.4 Å². The van der Waals surface area contributed by atoms with Crippen molar-refractivity contribution < 1.29 is 32.2 Å². The zero-order valence-corrected chi connectivity index (χ0v) is 28.9. The Morgan fingerprint density at radius 2 is 1.44 bits per heavy atom. The number of methoxy groups -OCH3 is 3. The van der Waals surface area contributed by atoms with Crippen molar-refractivity contribution in [2.45, 2.75) is 50.7 Å². The van der Waals surface area contributed by atoms with Gasteiger partial charge in [0.25, 0.3) is 10.0 Å². The lowest BCUT2D eigenvalue weighted by atomic mass is 10.1. The van der Waals surface area contributed by atoms with E-state index in [0.29, 0.717) is 22.8 Å². The summed E-state index contributed by atoms with van der Waals surface area (Å²) in [5.41, 5.74) is 0.515. The van der Waals surface area contributed by atoms with E-state index in [0.717, 1.165) is 4.31 Å². The first-order chi connectivity index (χ1) is 21.3. The number of anilines is 1. The molecule has 244 valence electrons. The van der Waals surface area contributed by atoms with Crippen LogP contribution >= 0.6 is 34.8 Å². The normalized spacial score (nSPS) is 12.6. The molecule has 0 aliphatic rings. The number of hydrogen-bond acceptors (Lipinski definition) is 7. The second kappa shape index (κ2) is 15.8. The van der Waals surface area contributed by atoms with Gasteiger partial charge in [-0.05, 0) is 68.3 Å². The standard InChI is InChI=1S/C31H36Cl3N3O7S/c1-7-19(2)35-31(39)20(3)36(17-21-8-9-22(32)14-25(21)34)30(38)18-37(26-15-23(33)10-12-27(26)42-4)45(40,41)24-11-13-28(43-5)29(16-24)44-6/h8-16,19-20H,7,17-18H2,1-6H3,(H,35,39). The molecule has 0 heterocycles. The smallest absolute Gasteiger partial charge is 0.265 e. The van der Waals surface area contributed by atoms with Crippen LogP contribution in [0.15, 0.2) is 59.5 Å². The van der Waals surface area contributed by atoms with Crippen molar-refractivity contribution in [3.05, 3.63) is 75.2 Å². The number of sulfonamides is 1. The van der Waals surface area contributed by atoms with E-state index in [-0.39, 0.29) is 44.7 Å². The number of carbonyl (C=O) groups excluding carboxylic acids is 2. The Labute approximate surface area is 279 Å². The van der Waals surface area contributed by atoms with Crippen LogP contribution in [0.5, 0.6) is 17.2 Å². The molecule has 0 saturated heterocycles. The topological polar surface area (TPSA) is 114 Å². The van der Waals surface area contributed by atoms with Gasteiger partial charge in [-0.3, -0.25) is 13.9 Å². The molecule has 45 heavy (non-hydrogen) atoms. The number of nitrogens with one attached hydrogen (secondary N) is 1. The highest BCUT2D eigenvalue weighted by Gasteiger charge is 2.35. The Bertz CT molecular complexity index is 1640. The van der Waals surface area contributed by atoms with Crippen molar-refractivity contribution in [3.63, 3.8) is 0 Å². The minimum absolute atomic E-state index is 0.00863. The zero-order valence-electron chi connectivity index (χ0n) is 25.8. The Morgan fingerprint density at radius 3 is 2.04 bits per heavy atom. The summed E-state index contributed by atoms with van der Waals surface area (Å²) in [5.74, 6) is -0.494. The SMILES string of the molecule is CCC(C)NC(=O)C(C)N(Cc1ccc(Cl)cc1Cl)C(=O)CN(c1cc(Cl)ccc1OC)S(=O)(=O)c1ccc(OC)c(OC)c1. The number of halogens is 3. The van der Waals surface area contributed by atoms with Gasteiger partial charge in [0, 0.05) is 33.7 Å². The summed E-state index contributed by atoms with van der Waals surface area (Å²) in [4.78, 5) is 28.6. The second-order valence-electron chi connectivity index (χ2n) is 10.1. The van der Waals surface area contributed by atoms with E-state index in [9.17, 15) is 18.0 Å². The van der Waals surface area contributed by atoms with Gasteiger partial charge in [0.05, 0.1) is 31.9 Å². The third-order valence-corrected chi connectivity index (χ3v) is 9.73. The van der Waals surface area contributed by atoms with E-state index in [4.69, 9.17) is 49.0 Å². The summed E-state index contributed by atoms with van der Waals surface area (Å²) in [6.07, 6.45) is 0.668. The molecule has 0 aromatic heterocycles. The Morgan fingerprint density at radius 1 is 0.844 bits per heavy atom. The quantitative estimate of drug-likeness (QED) is 0.213. The molecule has 1 N–H and O–H groups in total. The van der Waals surface area contributed by atoms with Crippen LogP contribution in [-0.2, 0) is 26.2 Å². The zero-order chi connectivity index (χ0) is 33.5. The third kappa shape index (κ3) is 8.66. The number of benzene rings is 3. The number of ether oxygens (including phenoxy) is 3. The number of carbonyl (C=O) groups is 2. The third-order valence-electron chi connectivity index (χ3n) is 7.16. The van der Waals surface area contributed by atoms with Gasteiger partial charge in [-0.15, -0.1) is 0 Å². The summed E-state index contributed by atoms with van der Waals surface area (Å²) in [6.45, 7) is 4.49. The largest absolute Gasteiger partial charge is 0.495 e. The van der Waals surface area contributed by atoms with Gasteiger partial charge in [0.15, 0.2) is 11.5 Å². The van der Waals surface area contributed by atoms with Crippen LogP contribution in [-0.4, -0.2) is 65.1 Å². The maximum Gasteiger partial charge on any atom is 0.265 e. The van der Waals surface area contributed by atoms with Gasteiger partial charge in [0.1, 0.15) is 18.3 Å². The fourth-order valence-corrected chi connectivity index (χ4v) is 6.42. The van der Waals surface area contributed by atoms with E-state index in [2.05, 4.69) is 5.32 Å². The number of nitrogens with zero attached hydrogens (tertiary/aromatic N) is 2. The Kier molecular flexibility index (Phi) is 12.6. The van der Waals surface area contributed by atoms with Gasteiger partial charge in [-0.2, -0.15) is 0 Å². The molecule has 0 fully saturated rings. The Balaban J connectivity index is 2.16. The first-order valence-corrected chi connectivity index (χ1v) is 16.5. The van der Waals surface area contributed by atoms with Crippen LogP contribution in [0.2, 0.25) is 15.1 Å². The van der Waals surface area contributed by atoms with Crippen LogP contribution in [0, 0.1) is 0 Å². The molecule has 0 spiro atoms. The van der Waals surface area contributed by atoms with Crippen LogP contribution in [0.4, 0.5) is 5.69 Å². The lowest BCUT2D eigenvalue weighted by Gasteiger charge is -2.33. The molecule has 2 amide bonds.